The molecule has 2 N–H and O–H groups in total. The van der Waals surface area contributed by atoms with Gasteiger partial charge in [0.05, 0.1) is 22.7 Å². The zero-order chi connectivity index (χ0) is 89.5. The maximum Gasteiger partial charge on any atom is 0.226 e. The fourth-order valence-electron chi connectivity index (χ4n) is 13.9. The summed E-state index contributed by atoms with van der Waals surface area (Å²) < 4.78 is 72.4. The van der Waals surface area contributed by atoms with Crippen molar-refractivity contribution in [3.63, 3.8) is 0 Å². The molecule has 0 bridgehead atoms. The maximum absolute atomic E-state index is 14.7. The molecular weight excluding hydrogens is 1600 g/mol. The molecule has 23 heteroatoms. The van der Waals surface area contributed by atoms with Gasteiger partial charge in [-0.3, -0.25) is 43.3 Å². The van der Waals surface area contributed by atoms with Gasteiger partial charge in [0.25, 0.3) is 0 Å². The van der Waals surface area contributed by atoms with E-state index in [1.165, 1.54) is 50.1 Å². The van der Waals surface area contributed by atoms with Gasteiger partial charge in [0, 0.05) is 136 Å². The number of halogens is 6. The zero-order valence-corrected chi connectivity index (χ0v) is 71.9. The van der Waals surface area contributed by atoms with E-state index in [1.807, 2.05) is 64.1 Å². The number of anilines is 5. The van der Waals surface area contributed by atoms with Crippen LogP contribution in [0.3, 0.4) is 0 Å². The van der Waals surface area contributed by atoms with Crippen molar-refractivity contribution < 1.29 is 60.3 Å². The number of benzene rings is 8. The number of aryl methyl sites for hydroxylation is 5. The largest absolute Gasteiger partial charge is 0.383 e. The van der Waals surface area contributed by atoms with Crippen LogP contribution in [0.1, 0.15) is 176 Å². The molecule has 0 aliphatic rings. The van der Waals surface area contributed by atoms with Gasteiger partial charge in [0.1, 0.15) is 34.2 Å². The summed E-state index contributed by atoms with van der Waals surface area (Å²) in [6.07, 6.45) is 10.8. The predicted octanol–water partition coefficient (Wildman–Crippen LogP) is 22.5. The van der Waals surface area contributed by atoms with Gasteiger partial charge >= 0.3 is 0 Å². The minimum atomic E-state index is -0.557. The third kappa shape index (κ3) is 25.4. The van der Waals surface area contributed by atoms with Crippen LogP contribution in [0.5, 0.6) is 0 Å². The van der Waals surface area contributed by atoms with E-state index in [0.717, 1.165) is 44.6 Å². The van der Waals surface area contributed by atoms with E-state index in [1.54, 1.807) is 211 Å². The molecule has 640 valence electrons. The van der Waals surface area contributed by atoms with Crippen molar-refractivity contribution >= 4 is 86.9 Å². The second kappa shape index (κ2) is 46.6. The molecule has 0 radical (unpaired) electrons. The van der Waals surface area contributed by atoms with Crippen molar-refractivity contribution in [2.24, 2.45) is 0 Å². The molecule has 0 fully saturated rings. The van der Waals surface area contributed by atoms with Crippen LogP contribution in [-0.4, -0.2) is 92.9 Å². The molecule has 4 amide bonds. The molecule has 12 rings (SSSR count). The van der Waals surface area contributed by atoms with E-state index in [-0.39, 0.29) is 82.4 Å². The first-order chi connectivity index (χ1) is 59.8. The molecule has 8 aromatic carbocycles. The highest BCUT2D eigenvalue weighted by Crippen LogP contribution is 2.34. The van der Waals surface area contributed by atoms with Gasteiger partial charge in [-0.2, -0.15) is 4.39 Å². The summed E-state index contributed by atoms with van der Waals surface area (Å²) in [6, 6.07) is 62.0. The van der Waals surface area contributed by atoms with Crippen molar-refractivity contribution in [1.29, 1.82) is 0 Å². The second-order valence-corrected chi connectivity index (χ2v) is 29.2. The Labute approximate surface area is 726 Å². The molecule has 4 heterocycles. The third-order valence-electron chi connectivity index (χ3n) is 21.0. The fraction of sp³-hybridized carbons (Fsp3) is 0.248. The van der Waals surface area contributed by atoms with Crippen LogP contribution in [-0.2, 0) is 44.9 Å². The smallest absolute Gasteiger partial charge is 0.226 e. The third-order valence-corrected chi connectivity index (χ3v) is 21.3. The lowest BCUT2D eigenvalue weighted by atomic mass is 9.99. The van der Waals surface area contributed by atoms with Crippen LogP contribution < -0.4 is 25.3 Å². The number of carbonyl (C=O) groups excluding carboxylic acids is 8. The first-order valence-electron chi connectivity index (χ1n) is 41.5. The monoisotopic (exact) mass is 1700 g/mol. The van der Waals surface area contributed by atoms with Crippen molar-refractivity contribution in [3.05, 3.63) is 328 Å². The number of nitrogen functional groups attached to an aromatic ring is 1. The quantitative estimate of drug-likeness (QED) is 0.0235. The van der Waals surface area contributed by atoms with Crippen molar-refractivity contribution in [2.75, 3.05) is 51.5 Å². The van der Waals surface area contributed by atoms with E-state index < -0.39 is 29.2 Å². The molecule has 4 aromatic heterocycles. The number of nitrogens with zero attached hydrogens (tertiary/aromatic N) is 8. The summed E-state index contributed by atoms with van der Waals surface area (Å²) in [5.74, 6) is -2.44. The Balaban J connectivity index is 0.000000187. The summed E-state index contributed by atoms with van der Waals surface area (Å²) in [6.45, 7) is 17.8. The molecule has 0 aliphatic carbocycles. The molecule has 12 aromatic rings. The summed E-state index contributed by atoms with van der Waals surface area (Å²) in [7, 11) is 0. The van der Waals surface area contributed by atoms with E-state index in [0.29, 0.717) is 151 Å². The summed E-state index contributed by atoms with van der Waals surface area (Å²) in [4.78, 5) is 120. The van der Waals surface area contributed by atoms with Crippen LogP contribution in [0.15, 0.2) is 243 Å². The van der Waals surface area contributed by atoms with E-state index in [2.05, 4.69) is 19.9 Å². The average Bonchev–Trinajstić information content (AvgIpc) is 0.824. The summed E-state index contributed by atoms with van der Waals surface area (Å²) in [5.41, 5.74) is 19.2. The number of pyridine rings is 4. The molecule has 0 saturated heterocycles. The van der Waals surface area contributed by atoms with Crippen LogP contribution >= 0.6 is 11.6 Å². The first kappa shape index (κ1) is 94.5. The zero-order valence-electron chi connectivity index (χ0n) is 71.1. The normalized spacial score (nSPS) is 10.7. The maximum atomic E-state index is 14.7. The number of ketones is 4. The minimum Gasteiger partial charge on any atom is -0.383 e. The van der Waals surface area contributed by atoms with Crippen molar-refractivity contribution in [1.82, 2.24) is 19.9 Å². The first-order valence-corrected chi connectivity index (χ1v) is 41.9. The van der Waals surface area contributed by atoms with Crippen LogP contribution in [0, 0.1) is 36.1 Å². The number of Topliss-reactive ketones (excluding diaryl/α,β-unsaturated/α-hetero) is 4. The van der Waals surface area contributed by atoms with E-state index >= 15 is 0 Å². The second-order valence-electron chi connectivity index (χ2n) is 28.8. The highest BCUT2D eigenvalue weighted by molar-refractivity contribution is 6.30. The molecule has 0 saturated carbocycles. The Kier molecular flexibility index (Phi) is 35.5. The van der Waals surface area contributed by atoms with Crippen molar-refractivity contribution in [3.8, 4) is 44.5 Å². The highest BCUT2D eigenvalue weighted by Gasteiger charge is 2.23. The van der Waals surface area contributed by atoms with Crippen LogP contribution in [0.2, 0.25) is 5.15 Å². The standard InChI is InChI=1S/C26H27FN2O2.C25H24ClFN2O2.C25H24F2N2O2.C25H26FN3O2/c1-4-26(31)29(5-2)24-14-12-22(17-23(24)27)20-8-10-21(11-9-20)25(30)15-13-19-7-6-16-28-18(19)3;1-3-24(31)29(4-2)22-13-11-20(16-21(22)27)17-7-9-18(10-8-17)23(30)14-12-19-6-5-15-28-25(19)26;2*1-3-24(31)29(4-2)22-13-11-20(16-21(22)26)17-7-9-18(10-8-17)23(30)14-12-19-6-5-15-28-25(19)27/h6-12,14,16-17H,4-5,13,15H2,1-3H3;2*5-11,13,15-16H,3-4,12,14H2,1-2H3;5-11,13,15-16H,3-4,12,14H2,1-2H3,(H2,27,28). The molecule has 0 aliphatic heterocycles. The molecule has 0 spiro atoms. The summed E-state index contributed by atoms with van der Waals surface area (Å²) in [5, 5.41) is 0.415. The van der Waals surface area contributed by atoms with Crippen molar-refractivity contribution in [2.45, 2.75) is 139 Å². The Morgan fingerprint density at radius 3 is 0.831 bits per heavy atom. The molecule has 17 nitrogen and oxygen atoms in total. The number of hydrogen-bond donors (Lipinski definition) is 1. The van der Waals surface area contributed by atoms with E-state index in [9.17, 15) is 60.3 Å². The van der Waals surface area contributed by atoms with Gasteiger partial charge in [-0.15, -0.1) is 0 Å². The Hall–Kier alpha value is -13.3. The number of rotatable bonds is 32. The molecule has 0 atom stereocenters. The van der Waals surface area contributed by atoms with Gasteiger partial charge in [-0.1, -0.05) is 185 Å². The molecule has 124 heavy (non-hydrogen) atoms. The lowest BCUT2D eigenvalue weighted by molar-refractivity contribution is -0.119. The van der Waals surface area contributed by atoms with E-state index in [4.69, 9.17) is 17.3 Å². The Morgan fingerprint density at radius 1 is 0.306 bits per heavy atom. The number of amides is 4. The van der Waals surface area contributed by atoms with Gasteiger partial charge in [0.2, 0.25) is 29.6 Å². The SMILES string of the molecule is CCC(=O)N(CC)c1ccc(-c2ccc(C(=O)CCc3cccnc3C)cc2)cc1F.CCC(=O)N(CC)c1ccc(-c2ccc(C(=O)CCc3cccnc3Cl)cc2)cc1F.CCC(=O)N(CC)c1ccc(-c2ccc(C(=O)CCc3cccnc3F)cc2)cc1F.CCC(=O)N(CC)c1ccc(-c2ccc(C(=O)CCc3cccnc3N)cc2)cc1F. The number of aromatic nitrogens is 4. The van der Waals surface area contributed by atoms with Crippen LogP contribution in [0.4, 0.5) is 50.5 Å². The minimum absolute atomic E-state index is 0.00432. The average molecular weight is 1700 g/mol. The lowest BCUT2D eigenvalue weighted by Crippen LogP contribution is -2.30. The fourth-order valence-corrected chi connectivity index (χ4v) is 14.1. The highest BCUT2D eigenvalue weighted by atomic mass is 35.5. The number of nitrogens with two attached hydrogens (primary N) is 1. The number of hydrogen-bond acceptors (Lipinski definition) is 13. The van der Waals surface area contributed by atoms with Gasteiger partial charge in [-0.05, 0) is 194 Å². The molecular formula is C101H101ClF5N9O8. The predicted molar refractivity (Wildman–Crippen MR) is 482 cm³/mol. The van der Waals surface area contributed by atoms with Crippen LogP contribution in [0.25, 0.3) is 44.5 Å². The topological polar surface area (TPSA) is 227 Å². The Morgan fingerprint density at radius 2 is 0.556 bits per heavy atom. The number of carbonyl (C=O) groups is 8. The van der Waals surface area contributed by atoms with Gasteiger partial charge in [-0.25, -0.2) is 32.5 Å². The lowest BCUT2D eigenvalue weighted by Gasteiger charge is -2.21. The molecule has 0 unspecified atom stereocenters. The Bertz CT molecular complexity index is 5020. The summed E-state index contributed by atoms with van der Waals surface area (Å²) >= 11 is 6.05. The van der Waals surface area contributed by atoms with Gasteiger partial charge in [0.15, 0.2) is 23.1 Å². The van der Waals surface area contributed by atoms with Gasteiger partial charge < -0.3 is 25.3 Å².